The number of amides is 1. The van der Waals surface area contributed by atoms with Crippen LogP contribution < -0.4 is 0 Å². The molecule has 2 rings (SSSR count). The van der Waals surface area contributed by atoms with Gasteiger partial charge in [0.15, 0.2) is 0 Å². The van der Waals surface area contributed by atoms with Crippen molar-refractivity contribution in [2.24, 2.45) is 0 Å². The van der Waals surface area contributed by atoms with Crippen LogP contribution >= 0.6 is 0 Å². The van der Waals surface area contributed by atoms with E-state index in [9.17, 15) is 9.59 Å². The van der Waals surface area contributed by atoms with Gasteiger partial charge in [-0.3, -0.25) is 9.69 Å². The summed E-state index contributed by atoms with van der Waals surface area (Å²) in [6.45, 7) is 1.53. The van der Waals surface area contributed by atoms with Crippen molar-refractivity contribution in [1.29, 1.82) is 0 Å². The number of hydrogen-bond acceptors (Lipinski definition) is 3. The maximum absolute atomic E-state index is 12.3. The maximum atomic E-state index is 12.3. The highest BCUT2D eigenvalue weighted by atomic mass is 16.4. The topological polar surface area (TPSA) is 60.9 Å². The largest absolute Gasteiger partial charge is 0.480 e. The Kier molecular flexibility index (Phi) is 3.66. The summed E-state index contributed by atoms with van der Waals surface area (Å²) >= 11 is 0. The molecule has 0 bridgehead atoms. The quantitative estimate of drug-likeness (QED) is 0.765. The molecule has 2 heterocycles. The average molecular weight is 240 g/mol. The summed E-state index contributed by atoms with van der Waals surface area (Å²) in [4.78, 5) is 27.0. The smallest absolute Gasteiger partial charge is 0.326 e. The lowest BCUT2D eigenvalue weighted by Gasteiger charge is -2.35. The van der Waals surface area contributed by atoms with E-state index in [1.54, 1.807) is 4.90 Å². The molecule has 2 aliphatic heterocycles. The predicted octanol–water partition coefficient (Wildman–Crippen LogP) is 0.546. The molecule has 2 saturated heterocycles. The van der Waals surface area contributed by atoms with Gasteiger partial charge in [0.05, 0.1) is 6.04 Å². The van der Waals surface area contributed by atoms with Crippen molar-refractivity contribution in [3.63, 3.8) is 0 Å². The van der Waals surface area contributed by atoms with Crippen molar-refractivity contribution in [3.8, 4) is 0 Å². The lowest BCUT2D eigenvalue weighted by Crippen LogP contribution is -2.52. The zero-order chi connectivity index (χ0) is 12.4. The number of rotatable bonds is 2. The fourth-order valence-electron chi connectivity index (χ4n) is 2.87. The van der Waals surface area contributed by atoms with Crippen LogP contribution in [0.25, 0.3) is 0 Å². The number of hydrogen-bond donors (Lipinski definition) is 1. The molecule has 96 valence electrons. The second-order valence-corrected chi connectivity index (χ2v) is 5.02. The molecule has 0 radical (unpaired) electrons. The summed E-state index contributed by atoms with van der Waals surface area (Å²) in [5.74, 6) is -0.855. The van der Waals surface area contributed by atoms with E-state index in [0.29, 0.717) is 13.0 Å². The van der Waals surface area contributed by atoms with Gasteiger partial charge in [-0.2, -0.15) is 0 Å². The molecule has 0 aliphatic carbocycles. The first-order valence-corrected chi connectivity index (χ1v) is 6.35. The van der Waals surface area contributed by atoms with Crippen LogP contribution in [0.4, 0.5) is 0 Å². The van der Waals surface area contributed by atoms with Crippen LogP contribution in [0.5, 0.6) is 0 Å². The molecule has 1 amide bonds. The molecule has 0 spiro atoms. The molecule has 0 aromatic heterocycles. The van der Waals surface area contributed by atoms with Crippen molar-refractivity contribution >= 4 is 11.9 Å². The van der Waals surface area contributed by atoms with Gasteiger partial charge in [-0.05, 0) is 39.3 Å². The molecule has 0 saturated carbocycles. The Bertz CT molecular complexity index is 319. The first-order chi connectivity index (χ1) is 8.11. The van der Waals surface area contributed by atoms with Gasteiger partial charge in [0.2, 0.25) is 5.91 Å². The van der Waals surface area contributed by atoms with E-state index in [0.717, 1.165) is 32.2 Å². The van der Waals surface area contributed by atoms with Crippen LogP contribution in [0.1, 0.15) is 32.1 Å². The molecule has 1 unspecified atom stereocenters. The van der Waals surface area contributed by atoms with Crippen molar-refractivity contribution in [1.82, 2.24) is 9.80 Å². The summed E-state index contributed by atoms with van der Waals surface area (Å²) < 4.78 is 0. The van der Waals surface area contributed by atoms with Gasteiger partial charge in [0.1, 0.15) is 6.04 Å². The van der Waals surface area contributed by atoms with E-state index in [1.807, 2.05) is 7.05 Å². The molecule has 17 heavy (non-hydrogen) atoms. The van der Waals surface area contributed by atoms with E-state index in [1.165, 1.54) is 0 Å². The first-order valence-electron chi connectivity index (χ1n) is 6.35. The highest BCUT2D eigenvalue weighted by Gasteiger charge is 2.38. The second-order valence-electron chi connectivity index (χ2n) is 5.02. The van der Waals surface area contributed by atoms with E-state index in [2.05, 4.69) is 4.90 Å². The molecule has 0 aromatic carbocycles. The molecule has 2 atom stereocenters. The Hall–Kier alpha value is -1.10. The van der Waals surface area contributed by atoms with Gasteiger partial charge in [-0.25, -0.2) is 4.79 Å². The maximum Gasteiger partial charge on any atom is 0.326 e. The van der Waals surface area contributed by atoms with Gasteiger partial charge in [0.25, 0.3) is 0 Å². The van der Waals surface area contributed by atoms with Gasteiger partial charge in [-0.1, -0.05) is 6.42 Å². The zero-order valence-corrected chi connectivity index (χ0v) is 10.3. The molecule has 0 aromatic rings. The standard InChI is InChI=1S/C12H20N2O3/c1-13-7-3-2-5-9(13)11(15)14-8-4-6-10(14)12(16)17/h9-10H,2-8H2,1H3,(H,16,17)/t9?,10-/m0/s1. The number of carboxylic acids is 1. The third kappa shape index (κ3) is 2.44. The lowest BCUT2D eigenvalue weighted by molar-refractivity contribution is -0.150. The number of carbonyl (C=O) groups excluding carboxylic acids is 1. The Morgan fingerprint density at radius 3 is 2.41 bits per heavy atom. The fourth-order valence-corrected chi connectivity index (χ4v) is 2.87. The normalized spacial score (nSPS) is 30.5. The monoisotopic (exact) mass is 240 g/mol. The first kappa shape index (κ1) is 12.4. The molecule has 2 aliphatic rings. The molecular weight excluding hydrogens is 220 g/mol. The number of piperidine rings is 1. The molecule has 2 fully saturated rings. The third-order valence-corrected chi connectivity index (χ3v) is 3.88. The lowest BCUT2D eigenvalue weighted by atomic mass is 10.0. The van der Waals surface area contributed by atoms with Crippen LogP contribution in [0.2, 0.25) is 0 Å². The molecule has 1 N–H and O–H groups in total. The second kappa shape index (κ2) is 5.04. The summed E-state index contributed by atoms with van der Waals surface area (Å²) in [5.41, 5.74) is 0. The summed E-state index contributed by atoms with van der Waals surface area (Å²) in [6, 6.07) is -0.707. The molecule has 5 nitrogen and oxygen atoms in total. The average Bonchev–Trinajstić information content (AvgIpc) is 2.77. The number of aliphatic carboxylic acids is 1. The van der Waals surface area contributed by atoms with Crippen LogP contribution in [0, 0.1) is 0 Å². The van der Waals surface area contributed by atoms with E-state index in [-0.39, 0.29) is 11.9 Å². The highest BCUT2D eigenvalue weighted by Crippen LogP contribution is 2.23. The van der Waals surface area contributed by atoms with Crippen molar-refractivity contribution in [2.75, 3.05) is 20.1 Å². The van der Waals surface area contributed by atoms with Gasteiger partial charge in [0, 0.05) is 6.54 Å². The summed E-state index contributed by atoms with van der Waals surface area (Å²) in [7, 11) is 1.95. The summed E-state index contributed by atoms with van der Waals surface area (Å²) in [6.07, 6.45) is 4.45. The minimum Gasteiger partial charge on any atom is -0.480 e. The molecule has 5 heteroatoms. The number of carboxylic acid groups (broad SMARTS) is 1. The SMILES string of the molecule is CN1CCCCC1C(=O)N1CCC[C@H]1C(=O)O. The van der Waals surface area contributed by atoms with Gasteiger partial charge in [-0.15, -0.1) is 0 Å². The third-order valence-electron chi connectivity index (χ3n) is 3.88. The highest BCUT2D eigenvalue weighted by molar-refractivity contribution is 5.87. The number of likely N-dealkylation sites (N-methyl/N-ethyl adjacent to an activating group) is 1. The van der Waals surface area contributed by atoms with Crippen molar-refractivity contribution in [3.05, 3.63) is 0 Å². The summed E-state index contributed by atoms with van der Waals surface area (Å²) in [5, 5.41) is 9.09. The Morgan fingerprint density at radius 1 is 1.06 bits per heavy atom. The number of likely N-dealkylation sites (tertiary alicyclic amines) is 2. The fraction of sp³-hybridized carbons (Fsp3) is 0.833. The Labute approximate surface area is 101 Å². The van der Waals surface area contributed by atoms with Crippen molar-refractivity contribution < 1.29 is 14.7 Å². The molecular formula is C12H20N2O3. The van der Waals surface area contributed by atoms with E-state index in [4.69, 9.17) is 5.11 Å². The van der Waals surface area contributed by atoms with Crippen LogP contribution in [0.3, 0.4) is 0 Å². The van der Waals surface area contributed by atoms with E-state index >= 15 is 0 Å². The number of carbonyl (C=O) groups is 2. The van der Waals surface area contributed by atoms with Crippen LogP contribution in [0.15, 0.2) is 0 Å². The minimum absolute atomic E-state index is 0.0112. The van der Waals surface area contributed by atoms with Gasteiger partial charge >= 0.3 is 5.97 Å². The van der Waals surface area contributed by atoms with Crippen LogP contribution in [-0.2, 0) is 9.59 Å². The minimum atomic E-state index is -0.866. The van der Waals surface area contributed by atoms with Gasteiger partial charge < -0.3 is 10.0 Å². The number of nitrogens with zero attached hydrogens (tertiary/aromatic N) is 2. The predicted molar refractivity (Wildman–Crippen MR) is 62.6 cm³/mol. The van der Waals surface area contributed by atoms with Crippen LogP contribution in [-0.4, -0.2) is 59.0 Å². The zero-order valence-electron chi connectivity index (χ0n) is 10.3. The Balaban J connectivity index is 2.05. The Morgan fingerprint density at radius 2 is 1.76 bits per heavy atom. The van der Waals surface area contributed by atoms with E-state index < -0.39 is 12.0 Å². The van der Waals surface area contributed by atoms with Crippen molar-refractivity contribution in [2.45, 2.75) is 44.2 Å².